The Morgan fingerprint density at radius 1 is 0.720 bits per heavy atom. The summed E-state index contributed by atoms with van der Waals surface area (Å²) in [7, 11) is -4.56. The van der Waals surface area contributed by atoms with Crippen molar-refractivity contribution in [1.82, 2.24) is 0 Å². The van der Waals surface area contributed by atoms with E-state index in [9.17, 15) is 13.0 Å². The third-order valence-electron chi connectivity index (χ3n) is 4.63. The van der Waals surface area contributed by atoms with Crippen molar-refractivity contribution in [3.05, 3.63) is 0 Å². The van der Waals surface area contributed by atoms with Crippen molar-refractivity contribution in [2.24, 2.45) is 5.92 Å². The molecule has 6 heteroatoms. The van der Waals surface area contributed by atoms with Crippen molar-refractivity contribution < 1.29 is 68.5 Å². The van der Waals surface area contributed by atoms with Crippen molar-refractivity contribution in [2.75, 3.05) is 6.61 Å². The summed E-state index contributed by atoms with van der Waals surface area (Å²) in [6.45, 7) is 4.49. The maximum atomic E-state index is 10.7. The molecule has 1 atom stereocenters. The van der Waals surface area contributed by atoms with Gasteiger partial charge in [0.2, 0.25) is 10.4 Å². The van der Waals surface area contributed by atoms with Crippen molar-refractivity contribution in [3.8, 4) is 0 Å². The van der Waals surface area contributed by atoms with Gasteiger partial charge in [-0.1, -0.05) is 97.3 Å². The van der Waals surface area contributed by atoms with Crippen molar-refractivity contribution in [1.29, 1.82) is 0 Å². The fourth-order valence-electron chi connectivity index (χ4n) is 3.09. The maximum absolute atomic E-state index is 10.7. The largest absolute Gasteiger partial charge is 1.00 e. The summed E-state index contributed by atoms with van der Waals surface area (Å²) in [5.41, 5.74) is 0. The predicted octanol–water partition coefficient (Wildman–Crippen LogP) is 2.97. The van der Waals surface area contributed by atoms with Crippen LogP contribution in [0, 0.1) is 5.92 Å². The van der Waals surface area contributed by atoms with Crippen LogP contribution < -0.4 is 51.4 Å². The van der Waals surface area contributed by atoms with Gasteiger partial charge >= 0.3 is 51.4 Å². The van der Waals surface area contributed by atoms with Gasteiger partial charge in [-0.2, -0.15) is 0 Å². The molecule has 0 fully saturated rings. The molecule has 0 saturated carbocycles. The first-order valence-electron chi connectivity index (χ1n) is 10.1. The number of hydrogen-bond acceptors (Lipinski definition) is 4. The summed E-state index contributed by atoms with van der Waals surface area (Å²) in [5, 5.41) is 0. The van der Waals surface area contributed by atoms with Crippen LogP contribution in [0.1, 0.15) is 110 Å². The van der Waals surface area contributed by atoms with E-state index >= 15 is 0 Å². The Hall–Kier alpha value is 1.51. The molecule has 0 aromatic carbocycles. The Morgan fingerprint density at radius 2 is 1.08 bits per heavy atom. The molecule has 0 amide bonds. The third-order valence-corrected chi connectivity index (χ3v) is 5.05. The summed E-state index contributed by atoms with van der Waals surface area (Å²) in [6.07, 6.45) is 18.1. The van der Waals surface area contributed by atoms with Crippen molar-refractivity contribution in [3.63, 3.8) is 0 Å². The van der Waals surface area contributed by atoms with E-state index < -0.39 is 10.4 Å². The van der Waals surface area contributed by atoms with E-state index in [1.807, 2.05) is 0 Å². The van der Waals surface area contributed by atoms with E-state index in [2.05, 4.69) is 18.0 Å². The molecule has 0 spiro atoms. The second kappa shape index (κ2) is 20.2. The standard InChI is InChI=1S/C19H40O4S.K/c1-3-5-7-9-10-11-13-15-17-19(18-23-24(20,21)22)16-14-12-8-6-4-2;/h19H,3-18H2,1-2H3,(H,20,21,22);/q;+1/p-1. The van der Waals surface area contributed by atoms with Crippen LogP contribution in [0.4, 0.5) is 0 Å². The Labute approximate surface area is 199 Å². The van der Waals surface area contributed by atoms with Gasteiger partial charge in [0.1, 0.15) is 0 Å². The molecule has 0 bridgehead atoms. The molecule has 0 heterocycles. The molecule has 0 saturated heterocycles. The van der Waals surface area contributed by atoms with Crippen LogP contribution in [-0.2, 0) is 14.6 Å². The van der Waals surface area contributed by atoms with Gasteiger partial charge in [-0.05, 0) is 18.8 Å². The maximum Gasteiger partial charge on any atom is 1.00 e. The van der Waals surface area contributed by atoms with Gasteiger partial charge in [0.25, 0.3) is 0 Å². The quantitative estimate of drug-likeness (QED) is 0.153. The van der Waals surface area contributed by atoms with Gasteiger partial charge < -0.3 is 4.55 Å². The zero-order chi connectivity index (χ0) is 18.1. The Bertz CT molecular complexity index is 360. The van der Waals surface area contributed by atoms with Crippen LogP contribution in [0.5, 0.6) is 0 Å². The minimum absolute atomic E-state index is 0. The van der Waals surface area contributed by atoms with Crippen molar-refractivity contribution >= 4 is 10.4 Å². The summed E-state index contributed by atoms with van der Waals surface area (Å²) < 4.78 is 36.5. The molecule has 0 aliphatic heterocycles. The molecule has 0 radical (unpaired) electrons. The molecule has 146 valence electrons. The Balaban J connectivity index is 0. The third kappa shape index (κ3) is 23.5. The van der Waals surface area contributed by atoms with Crippen LogP contribution >= 0.6 is 0 Å². The first-order chi connectivity index (χ1) is 11.5. The second-order valence-corrected chi connectivity index (χ2v) is 8.08. The van der Waals surface area contributed by atoms with Crippen LogP contribution in [0.15, 0.2) is 0 Å². The van der Waals surface area contributed by atoms with Gasteiger partial charge in [0.15, 0.2) is 0 Å². The summed E-state index contributed by atoms with van der Waals surface area (Å²) in [4.78, 5) is 0. The fourth-order valence-corrected chi connectivity index (χ4v) is 3.45. The molecular weight excluding hydrogens is 363 g/mol. The summed E-state index contributed by atoms with van der Waals surface area (Å²) in [6, 6.07) is 0. The molecular formula is C19H39KO4S. The number of unbranched alkanes of at least 4 members (excludes halogenated alkanes) is 11. The van der Waals surface area contributed by atoms with Gasteiger partial charge in [0.05, 0.1) is 6.61 Å². The zero-order valence-corrected chi connectivity index (χ0v) is 20.9. The first-order valence-corrected chi connectivity index (χ1v) is 11.4. The number of hydrogen-bond donors (Lipinski definition) is 0. The number of rotatable bonds is 18. The molecule has 1 unspecified atom stereocenters. The molecule has 0 aliphatic rings. The van der Waals surface area contributed by atoms with Crippen LogP contribution in [-0.4, -0.2) is 19.6 Å². The molecule has 0 N–H and O–H groups in total. The molecule has 25 heavy (non-hydrogen) atoms. The van der Waals surface area contributed by atoms with E-state index in [4.69, 9.17) is 0 Å². The minimum Gasteiger partial charge on any atom is -0.726 e. The van der Waals surface area contributed by atoms with E-state index in [0.717, 1.165) is 25.7 Å². The van der Waals surface area contributed by atoms with Crippen LogP contribution in [0.25, 0.3) is 0 Å². The van der Waals surface area contributed by atoms with E-state index in [0.29, 0.717) is 0 Å². The molecule has 0 aromatic heterocycles. The fraction of sp³-hybridized carbons (Fsp3) is 1.00. The normalized spacial score (nSPS) is 12.8. The average Bonchev–Trinajstić information content (AvgIpc) is 2.53. The van der Waals surface area contributed by atoms with Gasteiger partial charge in [-0.3, -0.25) is 4.18 Å². The molecule has 0 rings (SSSR count). The summed E-state index contributed by atoms with van der Waals surface area (Å²) >= 11 is 0. The van der Waals surface area contributed by atoms with Crippen molar-refractivity contribution in [2.45, 2.75) is 110 Å². The van der Waals surface area contributed by atoms with Crippen LogP contribution in [0.3, 0.4) is 0 Å². The first kappa shape index (κ1) is 28.7. The Morgan fingerprint density at radius 3 is 1.44 bits per heavy atom. The second-order valence-electron chi connectivity index (χ2n) is 7.03. The molecule has 4 nitrogen and oxygen atoms in total. The minimum atomic E-state index is -4.56. The van der Waals surface area contributed by atoms with Gasteiger partial charge in [-0.25, -0.2) is 8.42 Å². The monoisotopic (exact) mass is 402 g/mol. The van der Waals surface area contributed by atoms with E-state index in [1.165, 1.54) is 70.6 Å². The van der Waals surface area contributed by atoms with E-state index in [1.54, 1.807) is 0 Å². The smallest absolute Gasteiger partial charge is 0.726 e. The SMILES string of the molecule is CCCCCCCCCCC(CCCCCCC)COS(=O)(=O)[O-].[K+]. The van der Waals surface area contributed by atoms with Crippen LogP contribution in [0.2, 0.25) is 0 Å². The van der Waals surface area contributed by atoms with E-state index in [-0.39, 0.29) is 63.9 Å². The van der Waals surface area contributed by atoms with Gasteiger partial charge in [0, 0.05) is 0 Å². The average molecular weight is 403 g/mol. The molecule has 0 aromatic rings. The Kier molecular flexibility index (Phi) is 23.3. The topological polar surface area (TPSA) is 66.4 Å². The predicted molar refractivity (Wildman–Crippen MR) is 99.7 cm³/mol. The van der Waals surface area contributed by atoms with Gasteiger partial charge in [-0.15, -0.1) is 0 Å². The summed E-state index contributed by atoms with van der Waals surface area (Å²) in [5.74, 6) is 0.204. The zero-order valence-electron chi connectivity index (χ0n) is 16.9. The molecule has 0 aliphatic carbocycles.